The lowest BCUT2D eigenvalue weighted by molar-refractivity contribution is 0.0527. The fourth-order valence-electron chi connectivity index (χ4n) is 3.01. The van der Waals surface area contributed by atoms with Gasteiger partial charge in [-0.2, -0.15) is 0 Å². The molecule has 3 rings (SSSR count). The quantitative estimate of drug-likeness (QED) is 0.814. The van der Waals surface area contributed by atoms with Crippen molar-refractivity contribution in [2.24, 2.45) is 0 Å². The monoisotopic (exact) mass is 258 g/mol. The van der Waals surface area contributed by atoms with Gasteiger partial charge in [0.25, 0.3) is 0 Å². The summed E-state index contributed by atoms with van der Waals surface area (Å²) in [5, 5.41) is 22.3. The SMILES string of the molecule is CCOC1CCc2c(c(O)c3ccccc3c2O)C1. The number of rotatable bonds is 2. The van der Waals surface area contributed by atoms with E-state index in [0.717, 1.165) is 34.7 Å². The van der Waals surface area contributed by atoms with E-state index in [1.807, 2.05) is 31.2 Å². The van der Waals surface area contributed by atoms with Gasteiger partial charge in [-0.3, -0.25) is 0 Å². The Hall–Kier alpha value is -1.74. The Morgan fingerprint density at radius 3 is 2.37 bits per heavy atom. The van der Waals surface area contributed by atoms with Gasteiger partial charge in [0.05, 0.1) is 6.10 Å². The summed E-state index contributed by atoms with van der Waals surface area (Å²) in [5.74, 6) is 0.617. The summed E-state index contributed by atoms with van der Waals surface area (Å²) in [4.78, 5) is 0. The van der Waals surface area contributed by atoms with Crippen molar-refractivity contribution in [1.29, 1.82) is 0 Å². The number of ether oxygens (including phenoxy) is 1. The maximum atomic E-state index is 10.4. The highest BCUT2D eigenvalue weighted by molar-refractivity contribution is 5.95. The average Bonchev–Trinajstić information content (AvgIpc) is 2.45. The van der Waals surface area contributed by atoms with Crippen LogP contribution >= 0.6 is 0 Å². The first-order chi connectivity index (χ1) is 9.22. The van der Waals surface area contributed by atoms with Crippen LogP contribution in [0.15, 0.2) is 24.3 Å². The third-order valence-electron chi connectivity index (χ3n) is 3.92. The molecule has 2 aromatic carbocycles. The van der Waals surface area contributed by atoms with Crippen LogP contribution in [0.2, 0.25) is 0 Å². The molecule has 0 saturated carbocycles. The number of fused-ring (bicyclic) bond motifs is 2. The minimum atomic E-state index is 0.143. The van der Waals surface area contributed by atoms with Gasteiger partial charge in [-0.15, -0.1) is 0 Å². The minimum Gasteiger partial charge on any atom is -0.507 e. The van der Waals surface area contributed by atoms with E-state index in [9.17, 15) is 10.2 Å². The molecule has 0 bridgehead atoms. The number of aromatic hydroxyl groups is 2. The molecule has 2 N–H and O–H groups in total. The summed E-state index contributed by atoms with van der Waals surface area (Å²) >= 11 is 0. The van der Waals surface area contributed by atoms with E-state index in [1.165, 1.54) is 0 Å². The number of hydrogen-bond donors (Lipinski definition) is 2. The largest absolute Gasteiger partial charge is 0.507 e. The first-order valence-corrected chi connectivity index (χ1v) is 6.78. The molecule has 0 heterocycles. The van der Waals surface area contributed by atoms with E-state index >= 15 is 0 Å². The lowest BCUT2D eigenvalue weighted by Gasteiger charge is -2.26. The van der Waals surface area contributed by atoms with Crippen molar-refractivity contribution in [3.8, 4) is 11.5 Å². The van der Waals surface area contributed by atoms with Crippen LogP contribution in [0.3, 0.4) is 0 Å². The lowest BCUT2D eigenvalue weighted by Crippen LogP contribution is -2.22. The molecule has 0 fully saturated rings. The summed E-state index contributed by atoms with van der Waals surface area (Å²) < 4.78 is 5.65. The van der Waals surface area contributed by atoms with E-state index in [-0.39, 0.29) is 6.10 Å². The van der Waals surface area contributed by atoms with Crippen molar-refractivity contribution in [2.45, 2.75) is 32.3 Å². The average molecular weight is 258 g/mol. The van der Waals surface area contributed by atoms with Gasteiger partial charge in [-0.05, 0) is 19.8 Å². The molecule has 3 nitrogen and oxygen atoms in total. The van der Waals surface area contributed by atoms with E-state index in [0.29, 0.717) is 24.5 Å². The summed E-state index contributed by atoms with van der Waals surface area (Å²) in [7, 11) is 0. The zero-order valence-electron chi connectivity index (χ0n) is 11.0. The van der Waals surface area contributed by atoms with Gasteiger partial charge in [-0.1, -0.05) is 24.3 Å². The molecule has 1 aliphatic rings. The maximum absolute atomic E-state index is 10.4. The zero-order valence-corrected chi connectivity index (χ0v) is 11.0. The van der Waals surface area contributed by atoms with Crippen molar-refractivity contribution >= 4 is 10.8 Å². The second-order valence-electron chi connectivity index (χ2n) is 5.02. The molecule has 1 unspecified atom stereocenters. The Kier molecular flexibility index (Phi) is 3.07. The second kappa shape index (κ2) is 4.74. The number of hydrogen-bond acceptors (Lipinski definition) is 3. The van der Waals surface area contributed by atoms with Gasteiger partial charge < -0.3 is 14.9 Å². The normalized spacial score (nSPS) is 18.5. The predicted molar refractivity (Wildman–Crippen MR) is 74.7 cm³/mol. The minimum absolute atomic E-state index is 0.143. The summed E-state index contributed by atoms with van der Waals surface area (Å²) in [6.45, 7) is 2.66. The molecule has 1 aliphatic carbocycles. The van der Waals surface area contributed by atoms with Crippen molar-refractivity contribution in [2.75, 3.05) is 6.61 Å². The Balaban J connectivity index is 2.16. The van der Waals surface area contributed by atoms with Crippen LogP contribution in [0.1, 0.15) is 24.5 Å². The first-order valence-electron chi connectivity index (χ1n) is 6.78. The summed E-state index contributed by atoms with van der Waals surface area (Å²) in [6, 6.07) is 7.44. The van der Waals surface area contributed by atoms with Crippen molar-refractivity contribution < 1.29 is 14.9 Å². The lowest BCUT2D eigenvalue weighted by atomic mass is 9.86. The Labute approximate surface area is 112 Å². The predicted octanol–water partition coefficient (Wildman–Crippen LogP) is 3.14. The van der Waals surface area contributed by atoms with Gasteiger partial charge in [0.15, 0.2) is 0 Å². The standard InChI is InChI=1S/C16H18O3/c1-2-19-10-7-8-13-14(9-10)16(18)12-6-4-3-5-11(12)15(13)17/h3-6,10,17-18H,2,7-9H2,1H3. The van der Waals surface area contributed by atoms with E-state index in [1.54, 1.807) is 0 Å². The molecule has 0 aromatic heterocycles. The topological polar surface area (TPSA) is 49.7 Å². The summed E-state index contributed by atoms with van der Waals surface area (Å²) in [6.07, 6.45) is 2.47. The molecule has 100 valence electrons. The molecule has 2 aromatic rings. The van der Waals surface area contributed by atoms with Crippen molar-refractivity contribution in [3.63, 3.8) is 0 Å². The highest BCUT2D eigenvalue weighted by Crippen LogP contribution is 2.43. The highest BCUT2D eigenvalue weighted by Gasteiger charge is 2.26. The fraction of sp³-hybridized carbons (Fsp3) is 0.375. The smallest absolute Gasteiger partial charge is 0.127 e. The first kappa shape index (κ1) is 12.3. The van der Waals surface area contributed by atoms with Crippen LogP contribution in [0, 0.1) is 0 Å². The molecule has 0 radical (unpaired) electrons. The van der Waals surface area contributed by atoms with Gasteiger partial charge in [0.2, 0.25) is 0 Å². The van der Waals surface area contributed by atoms with Gasteiger partial charge in [-0.25, -0.2) is 0 Å². The molecule has 0 aliphatic heterocycles. The maximum Gasteiger partial charge on any atom is 0.127 e. The second-order valence-corrected chi connectivity index (χ2v) is 5.02. The van der Waals surface area contributed by atoms with Crippen molar-refractivity contribution in [3.05, 3.63) is 35.4 Å². The summed E-state index contributed by atoms with van der Waals surface area (Å²) in [5.41, 5.74) is 1.73. The molecular formula is C16H18O3. The van der Waals surface area contributed by atoms with Gasteiger partial charge in [0, 0.05) is 34.9 Å². The molecular weight excluding hydrogens is 240 g/mol. The van der Waals surface area contributed by atoms with E-state index < -0.39 is 0 Å². The van der Waals surface area contributed by atoms with Crippen LogP contribution in [-0.4, -0.2) is 22.9 Å². The van der Waals surface area contributed by atoms with Crippen LogP contribution in [-0.2, 0) is 17.6 Å². The third-order valence-corrected chi connectivity index (χ3v) is 3.92. The zero-order chi connectivity index (χ0) is 13.4. The van der Waals surface area contributed by atoms with Crippen LogP contribution in [0.5, 0.6) is 11.5 Å². The molecule has 1 atom stereocenters. The number of phenols is 2. The van der Waals surface area contributed by atoms with E-state index in [4.69, 9.17) is 4.74 Å². The Bertz CT molecular complexity index is 619. The third kappa shape index (κ3) is 1.94. The van der Waals surface area contributed by atoms with E-state index in [2.05, 4.69) is 0 Å². The highest BCUT2D eigenvalue weighted by atomic mass is 16.5. The van der Waals surface area contributed by atoms with Gasteiger partial charge in [0.1, 0.15) is 11.5 Å². The molecule has 0 spiro atoms. The van der Waals surface area contributed by atoms with Crippen LogP contribution < -0.4 is 0 Å². The van der Waals surface area contributed by atoms with Gasteiger partial charge >= 0.3 is 0 Å². The number of phenolic OH excluding ortho intramolecular Hbond substituents is 2. The number of benzene rings is 2. The Morgan fingerprint density at radius 1 is 1.11 bits per heavy atom. The van der Waals surface area contributed by atoms with Crippen LogP contribution in [0.4, 0.5) is 0 Å². The Morgan fingerprint density at radius 2 is 1.74 bits per heavy atom. The molecule has 19 heavy (non-hydrogen) atoms. The van der Waals surface area contributed by atoms with Crippen molar-refractivity contribution in [1.82, 2.24) is 0 Å². The van der Waals surface area contributed by atoms with Crippen LogP contribution in [0.25, 0.3) is 10.8 Å². The molecule has 0 amide bonds. The molecule has 0 saturated heterocycles. The fourth-order valence-corrected chi connectivity index (χ4v) is 3.01. The molecule has 3 heteroatoms.